The Morgan fingerprint density at radius 3 is 2.74 bits per heavy atom. The number of hydrogen-bond donors (Lipinski definition) is 1. The standard InChI is InChI=1S/C18H19BrFNO2/c1-13(14-6-3-2-4-7-14)23-11-5-10-21-18(22)16-12-15(20)8-9-17(16)19/h2-4,6-9,12-13H,5,10-11H2,1H3,(H,21,22)/t13-/m0/s1. The van der Waals surface area contributed by atoms with Crippen molar-refractivity contribution in [3.63, 3.8) is 0 Å². The van der Waals surface area contributed by atoms with Crippen LogP contribution in [-0.2, 0) is 4.74 Å². The lowest BCUT2D eigenvalue weighted by Gasteiger charge is -2.13. The molecule has 2 rings (SSSR count). The lowest BCUT2D eigenvalue weighted by Crippen LogP contribution is -2.25. The van der Waals surface area contributed by atoms with E-state index in [2.05, 4.69) is 21.2 Å². The zero-order valence-electron chi connectivity index (χ0n) is 12.9. The second kappa shape index (κ2) is 8.79. The highest BCUT2D eigenvalue weighted by Crippen LogP contribution is 2.18. The van der Waals surface area contributed by atoms with Gasteiger partial charge in [0, 0.05) is 17.6 Å². The molecule has 0 heterocycles. The van der Waals surface area contributed by atoms with Crippen LogP contribution in [0.25, 0.3) is 0 Å². The highest BCUT2D eigenvalue weighted by molar-refractivity contribution is 9.10. The molecule has 0 radical (unpaired) electrons. The smallest absolute Gasteiger partial charge is 0.252 e. The number of rotatable bonds is 7. The van der Waals surface area contributed by atoms with Crippen molar-refractivity contribution < 1.29 is 13.9 Å². The van der Waals surface area contributed by atoms with E-state index in [-0.39, 0.29) is 12.0 Å². The van der Waals surface area contributed by atoms with Crippen molar-refractivity contribution in [2.75, 3.05) is 13.2 Å². The molecule has 0 aliphatic carbocycles. The van der Waals surface area contributed by atoms with Gasteiger partial charge in [0.2, 0.25) is 0 Å². The molecule has 0 aliphatic rings. The normalized spacial score (nSPS) is 12.0. The Morgan fingerprint density at radius 2 is 2.00 bits per heavy atom. The summed E-state index contributed by atoms with van der Waals surface area (Å²) in [6.07, 6.45) is 0.708. The molecule has 0 unspecified atom stereocenters. The maximum absolute atomic E-state index is 13.2. The van der Waals surface area contributed by atoms with Crippen LogP contribution in [0.3, 0.4) is 0 Å². The van der Waals surface area contributed by atoms with Gasteiger partial charge in [-0.2, -0.15) is 0 Å². The van der Waals surface area contributed by atoms with Crippen LogP contribution in [0, 0.1) is 5.82 Å². The largest absolute Gasteiger partial charge is 0.374 e. The Morgan fingerprint density at radius 1 is 1.26 bits per heavy atom. The SMILES string of the molecule is C[C@H](OCCCNC(=O)c1cc(F)ccc1Br)c1ccccc1. The first-order valence-corrected chi connectivity index (χ1v) is 8.27. The van der Waals surface area contributed by atoms with E-state index in [0.717, 1.165) is 5.56 Å². The number of ether oxygens (including phenoxy) is 1. The number of halogens is 2. The van der Waals surface area contributed by atoms with Crippen molar-refractivity contribution in [3.8, 4) is 0 Å². The molecule has 3 nitrogen and oxygen atoms in total. The van der Waals surface area contributed by atoms with E-state index in [0.29, 0.717) is 29.6 Å². The van der Waals surface area contributed by atoms with Gasteiger partial charge in [-0.05, 0) is 53.0 Å². The van der Waals surface area contributed by atoms with Crippen molar-refractivity contribution in [2.24, 2.45) is 0 Å². The lowest BCUT2D eigenvalue weighted by atomic mass is 10.1. The molecule has 0 saturated carbocycles. The second-order valence-corrected chi connectivity index (χ2v) is 6.01. The maximum Gasteiger partial charge on any atom is 0.252 e. The van der Waals surface area contributed by atoms with Crippen LogP contribution in [0.1, 0.15) is 35.4 Å². The average molecular weight is 380 g/mol. The highest BCUT2D eigenvalue weighted by Gasteiger charge is 2.10. The molecule has 0 saturated heterocycles. The van der Waals surface area contributed by atoms with Gasteiger partial charge in [0.25, 0.3) is 5.91 Å². The summed E-state index contributed by atoms with van der Waals surface area (Å²) in [5, 5.41) is 2.76. The minimum absolute atomic E-state index is 0.0178. The average Bonchev–Trinajstić information content (AvgIpc) is 2.57. The highest BCUT2D eigenvalue weighted by atomic mass is 79.9. The van der Waals surface area contributed by atoms with Gasteiger partial charge < -0.3 is 10.1 Å². The van der Waals surface area contributed by atoms with Crippen LogP contribution < -0.4 is 5.32 Å². The zero-order valence-corrected chi connectivity index (χ0v) is 14.5. The molecule has 1 amide bonds. The molecule has 5 heteroatoms. The number of benzene rings is 2. The summed E-state index contributed by atoms with van der Waals surface area (Å²) in [5.41, 5.74) is 1.42. The zero-order chi connectivity index (χ0) is 16.7. The summed E-state index contributed by atoms with van der Waals surface area (Å²) in [4.78, 5) is 12.0. The van der Waals surface area contributed by atoms with Crippen LogP contribution in [-0.4, -0.2) is 19.1 Å². The minimum atomic E-state index is -0.432. The van der Waals surface area contributed by atoms with Crippen molar-refractivity contribution >= 4 is 21.8 Å². The van der Waals surface area contributed by atoms with E-state index in [1.807, 2.05) is 37.3 Å². The third-order valence-corrected chi connectivity index (χ3v) is 4.11. The first kappa shape index (κ1) is 17.6. The molecule has 0 spiro atoms. The van der Waals surface area contributed by atoms with Crippen LogP contribution in [0.4, 0.5) is 4.39 Å². The molecule has 122 valence electrons. The molecule has 1 N–H and O–H groups in total. The monoisotopic (exact) mass is 379 g/mol. The van der Waals surface area contributed by atoms with Crippen LogP contribution in [0.2, 0.25) is 0 Å². The number of nitrogens with one attached hydrogen (secondary N) is 1. The first-order valence-electron chi connectivity index (χ1n) is 7.47. The van der Waals surface area contributed by atoms with Gasteiger partial charge >= 0.3 is 0 Å². The van der Waals surface area contributed by atoms with Gasteiger partial charge in [-0.1, -0.05) is 30.3 Å². The van der Waals surface area contributed by atoms with Crippen LogP contribution >= 0.6 is 15.9 Å². The minimum Gasteiger partial charge on any atom is -0.374 e. The number of amides is 1. The second-order valence-electron chi connectivity index (χ2n) is 5.16. The summed E-state index contributed by atoms with van der Waals surface area (Å²) < 4.78 is 19.5. The summed E-state index contributed by atoms with van der Waals surface area (Å²) in [6, 6.07) is 14.0. The Bertz CT molecular complexity index is 649. The molecule has 2 aromatic carbocycles. The Kier molecular flexibility index (Phi) is 6.74. The molecule has 0 fully saturated rings. The molecule has 0 aliphatic heterocycles. The molecule has 0 bridgehead atoms. The maximum atomic E-state index is 13.2. The van der Waals surface area contributed by atoms with E-state index in [9.17, 15) is 9.18 Å². The van der Waals surface area contributed by atoms with Crippen LogP contribution in [0.5, 0.6) is 0 Å². The van der Waals surface area contributed by atoms with E-state index < -0.39 is 5.82 Å². The third-order valence-electron chi connectivity index (χ3n) is 3.42. The lowest BCUT2D eigenvalue weighted by molar-refractivity contribution is 0.0635. The quantitative estimate of drug-likeness (QED) is 0.719. The predicted molar refractivity (Wildman–Crippen MR) is 91.9 cm³/mol. The van der Waals surface area contributed by atoms with Crippen molar-refractivity contribution in [3.05, 3.63) is 69.9 Å². The summed E-state index contributed by atoms with van der Waals surface area (Å²) in [6.45, 7) is 3.02. The molecule has 0 aromatic heterocycles. The van der Waals surface area contributed by atoms with Gasteiger partial charge in [0.1, 0.15) is 5.82 Å². The number of carbonyl (C=O) groups excluding carboxylic acids is 1. The Labute approximate surface area is 144 Å². The molecule has 1 atom stereocenters. The van der Waals surface area contributed by atoms with Crippen molar-refractivity contribution in [2.45, 2.75) is 19.4 Å². The first-order chi connectivity index (χ1) is 11.1. The Hall–Kier alpha value is -1.72. The summed E-state index contributed by atoms with van der Waals surface area (Å²) in [5.74, 6) is -0.731. The van der Waals surface area contributed by atoms with Gasteiger partial charge in [0.05, 0.1) is 11.7 Å². The molecular formula is C18H19BrFNO2. The molecule has 23 heavy (non-hydrogen) atoms. The third kappa shape index (κ3) is 5.44. The van der Waals surface area contributed by atoms with Crippen LogP contribution in [0.15, 0.2) is 53.0 Å². The number of hydrogen-bond acceptors (Lipinski definition) is 2. The molecular weight excluding hydrogens is 361 g/mol. The fourth-order valence-corrected chi connectivity index (χ4v) is 2.55. The van der Waals surface area contributed by atoms with Gasteiger partial charge in [-0.25, -0.2) is 4.39 Å². The van der Waals surface area contributed by atoms with E-state index in [4.69, 9.17) is 4.74 Å². The van der Waals surface area contributed by atoms with Crippen molar-refractivity contribution in [1.82, 2.24) is 5.32 Å². The topological polar surface area (TPSA) is 38.3 Å². The van der Waals surface area contributed by atoms with Gasteiger partial charge in [-0.3, -0.25) is 4.79 Å². The van der Waals surface area contributed by atoms with E-state index in [1.165, 1.54) is 18.2 Å². The van der Waals surface area contributed by atoms with E-state index in [1.54, 1.807) is 0 Å². The fraction of sp³-hybridized carbons (Fsp3) is 0.278. The Balaban J connectivity index is 1.71. The summed E-state index contributed by atoms with van der Waals surface area (Å²) >= 11 is 3.25. The summed E-state index contributed by atoms with van der Waals surface area (Å²) in [7, 11) is 0. The predicted octanol–water partition coefficient (Wildman–Crippen LogP) is 4.49. The fourth-order valence-electron chi connectivity index (χ4n) is 2.12. The molecule has 2 aromatic rings. The van der Waals surface area contributed by atoms with Crippen molar-refractivity contribution in [1.29, 1.82) is 0 Å². The van der Waals surface area contributed by atoms with Gasteiger partial charge in [0.15, 0.2) is 0 Å². The van der Waals surface area contributed by atoms with E-state index >= 15 is 0 Å². The van der Waals surface area contributed by atoms with Gasteiger partial charge in [-0.15, -0.1) is 0 Å². The number of carbonyl (C=O) groups is 1.